The second-order valence-corrected chi connectivity index (χ2v) is 8.02. The lowest BCUT2D eigenvalue weighted by molar-refractivity contribution is 0.578. The molecule has 0 fully saturated rings. The van der Waals surface area contributed by atoms with Gasteiger partial charge < -0.3 is 0 Å². The van der Waals surface area contributed by atoms with Gasteiger partial charge in [0.05, 0.1) is 22.0 Å². The fourth-order valence-electron chi connectivity index (χ4n) is 3.57. The van der Waals surface area contributed by atoms with Crippen molar-refractivity contribution < 1.29 is 8.78 Å². The monoisotopic (exact) mass is 500 g/mol. The average molecular weight is 502 g/mol. The number of halogens is 4. The fraction of sp³-hybridized carbons (Fsp3) is 0.0952. The van der Waals surface area contributed by atoms with E-state index < -0.39 is 17.7 Å². The molecule has 0 saturated carbocycles. The van der Waals surface area contributed by atoms with E-state index in [1.54, 1.807) is 35.9 Å². The number of aromatic nitrogens is 5. The van der Waals surface area contributed by atoms with Crippen molar-refractivity contribution >= 4 is 33.2 Å². The number of aliphatic imine (C=N–C) groups is 1. The lowest BCUT2D eigenvalue weighted by Crippen LogP contribution is -2.13. The van der Waals surface area contributed by atoms with Crippen LogP contribution in [-0.2, 0) is 0 Å². The summed E-state index contributed by atoms with van der Waals surface area (Å²) in [5.41, 5.74) is 1.43. The highest BCUT2D eigenvalue weighted by molar-refractivity contribution is 9.10. The molecule has 2 aromatic heterocycles. The van der Waals surface area contributed by atoms with E-state index in [0.717, 1.165) is 0 Å². The summed E-state index contributed by atoms with van der Waals surface area (Å²) < 4.78 is 31.8. The van der Waals surface area contributed by atoms with Gasteiger partial charge in [0.1, 0.15) is 29.7 Å². The molecule has 0 radical (unpaired) electrons. The van der Waals surface area contributed by atoms with E-state index in [0.29, 0.717) is 38.1 Å². The number of hydrogen-bond acceptors (Lipinski definition) is 5. The summed E-state index contributed by atoms with van der Waals surface area (Å²) in [4.78, 5) is 12.9. The number of fused-ring (bicyclic) bond motifs is 3. The molecule has 31 heavy (non-hydrogen) atoms. The molecule has 0 unspecified atom stereocenters. The summed E-state index contributed by atoms with van der Waals surface area (Å²) in [5.74, 6) is -0.504. The number of hydrogen-bond donors (Lipinski definition) is 0. The molecule has 6 nitrogen and oxygen atoms in total. The largest absolute Gasteiger partial charge is 0.275 e. The molecule has 10 heteroatoms. The van der Waals surface area contributed by atoms with Crippen molar-refractivity contribution in [1.29, 1.82) is 0 Å². The number of nitrogens with zero attached hydrogens (tertiary/aromatic N) is 6. The second-order valence-electron chi connectivity index (χ2n) is 6.82. The summed E-state index contributed by atoms with van der Waals surface area (Å²) in [7, 11) is 0. The lowest BCUT2D eigenvalue weighted by atomic mass is 9.99. The Kier molecular flexibility index (Phi) is 4.86. The smallest absolute Gasteiger partial charge is 0.187 e. The number of benzene rings is 2. The first-order chi connectivity index (χ1) is 15.0. The van der Waals surface area contributed by atoms with Gasteiger partial charge in [0.2, 0.25) is 0 Å². The Morgan fingerprint density at radius 1 is 1.03 bits per heavy atom. The lowest BCUT2D eigenvalue weighted by Gasteiger charge is -2.16. The van der Waals surface area contributed by atoms with Crippen LogP contribution in [0.5, 0.6) is 0 Å². The molecule has 5 rings (SSSR count). The van der Waals surface area contributed by atoms with Gasteiger partial charge in [0.15, 0.2) is 11.6 Å². The molecule has 1 aliphatic heterocycles. The van der Waals surface area contributed by atoms with E-state index in [-0.39, 0.29) is 11.3 Å². The van der Waals surface area contributed by atoms with E-state index in [9.17, 15) is 8.78 Å². The molecule has 0 N–H and O–H groups in total. The van der Waals surface area contributed by atoms with Crippen molar-refractivity contribution in [3.05, 3.63) is 87.0 Å². The Morgan fingerprint density at radius 3 is 2.52 bits per heavy atom. The van der Waals surface area contributed by atoms with Gasteiger partial charge in [0.25, 0.3) is 0 Å². The van der Waals surface area contributed by atoms with Crippen LogP contribution in [0, 0.1) is 11.6 Å². The molecule has 0 amide bonds. The Morgan fingerprint density at radius 2 is 1.81 bits per heavy atom. The summed E-state index contributed by atoms with van der Waals surface area (Å²) in [6, 6.07) is 8.27. The van der Waals surface area contributed by atoms with Crippen LogP contribution in [0.15, 0.2) is 58.4 Å². The third kappa shape index (κ3) is 3.16. The zero-order valence-electron chi connectivity index (χ0n) is 15.9. The molecule has 1 atom stereocenters. The Hall–Kier alpha value is -3.04. The maximum atomic E-state index is 14.8. The van der Waals surface area contributed by atoms with E-state index in [2.05, 4.69) is 41.1 Å². The maximum Gasteiger partial charge on any atom is 0.187 e. The van der Waals surface area contributed by atoms with Crippen molar-refractivity contribution in [2.75, 3.05) is 0 Å². The van der Waals surface area contributed by atoms with Crippen LogP contribution in [0.4, 0.5) is 8.78 Å². The van der Waals surface area contributed by atoms with E-state index >= 15 is 0 Å². The zero-order chi connectivity index (χ0) is 21.7. The van der Waals surface area contributed by atoms with Gasteiger partial charge in [-0.25, -0.2) is 18.7 Å². The highest BCUT2D eigenvalue weighted by Crippen LogP contribution is 2.39. The van der Waals surface area contributed by atoms with Crippen molar-refractivity contribution in [1.82, 2.24) is 24.7 Å². The van der Waals surface area contributed by atoms with Crippen LogP contribution in [-0.4, -0.2) is 30.4 Å². The summed E-state index contributed by atoms with van der Waals surface area (Å²) in [5, 5.41) is 8.98. The van der Waals surface area contributed by atoms with Crippen LogP contribution in [0.3, 0.4) is 0 Å². The molecule has 4 aromatic rings. The minimum absolute atomic E-state index is 0.131. The zero-order valence-corrected chi connectivity index (χ0v) is 18.2. The van der Waals surface area contributed by atoms with E-state index in [1.165, 1.54) is 24.5 Å². The second kappa shape index (κ2) is 7.58. The molecule has 2 aromatic carbocycles. The molecule has 3 heterocycles. The first kappa shape index (κ1) is 19.9. The Balaban J connectivity index is 1.88. The van der Waals surface area contributed by atoms with Crippen LogP contribution in [0.25, 0.3) is 17.2 Å². The quantitative estimate of drug-likeness (QED) is 0.372. The SMILES string of the molecule is C[C@@H]1N=C(c2c(F)cccc2F)c2c(ccc(Cl)c2Br)-n2c(-c3ccncn3)nnc21. The Bertz CT molecular complexity index is 1340. The van der Waals surface area contributed by atoms with Gasteiger partial charge in [-0.15, -0.1) is 10.2 Å². The van der Waals surface area contributed by atoms with Gasteiger partial charge in [-0.05, 0) is 53.2 Å². The van der Waals surface area contributed by atoms with Crippen molar-refractivity contribution in [3.8, 4) is 17.2 Å². The van der Waals surface area contributed by atoms with Gasteiger partial charge in [-0.3, -0.25) is 9.56 Å². The highest BCUT2D eigenvalue weighted by atomic mass is 79.9. The van der Waals surface area contributed by atoms with Gasteiger partial charge in [0, 0.05) is 16.2 Å². The topological polar surface area (TPSA) is 68.8 Å². The summed E-state index contributed by atoms with van der Waals surface area (Å²) in [6.07, 6.45) is 3.01. The minimum Gasteiger partial charge on any atom is -0.275 e. The van der Waals surface area contributed by atoms with Crippen molar-refractivity contribution in [2.24, 2.45) is 4.99 Å². The maximum absolute atomic E-state index is 14.8. The highest BCUT2D eigenvalue weighted by Gasteiger charge is 2.31. The molecule has 0 aliphatic carbocycles. The Labute approximate surface area is 188 Å². The average Bonchev–Trinajstić information content (AvgIpc) is 3.16. The van der Waals surface area contributed by atoms with Gasteiger partial charge in [-0.1, -0.05) is 17.7 Å². The third-order valence-electron chi connectivity index (χ3n) is 4.95. The standard InChI is InChI=1S/C21H12BrClF2N6/c1-10-20-29-30-21(14-7-8-26-9-27-14)31(20)15-6-5-11(23)18(22)17(15)19(28-10)16-12(24)3-2-4-13(16)25/h2-10H,1H3/t10-/m0/s1. The first-order valence-electron chi connectivity index (χ1n) is 9.20. The molecular weight excluding hydrogens is 490 g/mol. The third-order valence-corrected chi connectivity index (χ3v) is 6.31. The molecule has 0 bridgehead atoms. The van der Waals surface area contributed by atoms with Crippen LogP contribution in [0.1, 0.15) is 29.9 Å². The molecule has 154 valence electrons. The molecular formula is C21H12BrClF2N6. The van der Waals surface area contributed by atoms with E-state index in [1.807, 2.05) is 0 Å². The van der Waals surface area contributed by atoms with Gasteiger partial charge >= 0.3 is 0 Å². The first-order valence-corrected chi connectivity index (χ1v) is 10.4. The number of rotatable bonds is 2. The molecule has 0 saturated heterocycles. The van der Waals surface area contributed by atoms with Crippen molar-refractivity contribution in [2.45, 2.75) is 13.0 Å². The van der Waals surface area contributed by atoms with Gasteiger partial charge in [-0.2, -0.15) is 0 Å². The normalized spacial score (nSPS) is 15.1. The van der Waals surface area contributed by atoms with Crippen LogP contribution < -0.4 is 0 Å². The van der Waals surface area contributed by atoms with Crippen LogP contribution in [0.2, 0.25) is 5.02 Å². The molecule has 0 spiro atoms. The predicted octanol–water partition coefficient (Wildman–Crippen LogP) is 5.33. The van der Waals surface area contributed by atoms with Crippen molar-refractivity contribution in [3.63, 3.8) is 0 Å². The van der Waals surface area contributed by atoms with Crippen LogP contribution >= 0.6 is 27.5 Å². The summed E-state index contributed by atoms with van der Waals surface area (Å²) in [6.45, 7) is 1.78. The fourth-order valence-corrected chi connectivity index (χ4v) is 4.26. The molecule has 1 aliphatic rings. The minimum atomic E-state index is -0.725. The van der Waals surface area contributed by atoms with E-state index in [4.69, 9.17) is 11.6 Å². The summed E-state index contributed by atoms with van der Waals surface area (Å²) >= 11 is 9.87. The predicted molar refractivity (Wildman–Crippen MR) is 116 cm³/mol.